The zero-order valence-electron chi connectivity index (χ0n) is 14.7. The van der Waals surface area contributed by atoms with E-state index in [2.05, 4.69) is 16.0 Å². The van der Waals surface area contributed by atoms with E-state index >= 15 is 0 Å². The third kappa shape index (κ3) is 12.6. The second-order valence-corrected chi connectivity index (χ2v) is 5.23. The summed E-state index contributed by atoms with van der Waals surface area (Å²) < 4.78 is 14.6. The molecule has 0 aliphatic carbocycles. The highest BCUT2D eigenvalue weighted by Gasteiger charge is 2.16. The minimum absolute atomic E-state index is 0.0521. The van der Waals surface area contributed by atoms with Gasteiger partial charge in [-0.25, -0.2) is 4.79 Å². The number of hydrogen-bond acceptors (Lipinski definition) is 7. The van der Waals surface area contributed by atoms with Gasteiger partial charge in [0.05, 0.1) is 13.1 Å². The summed E-state index contributed by atoms with van der Waals surface area (Å²) in [7, 11) is 6.56. The summed E-state index contributed by atoms with van der Waals surface area (Å²) in [6, 6.07) is 0. The number of amides is 3. The third-order valence-corrected chi connectivity index (χ3v) is 2.71. The van der Waals surface area contributed by atoms with Crippen molar-refractivity contribution in [3.05, 3.63) is 0 Å². The Balaban J connectivity index is 4.35. The molecule has 10 heteroatoms. The van der Waals surface area contributed by atoms with Crippen molar-refractivity contribution in [1.29, 1.82) is 0 Å². The second-order valence-electron chi connectivity index (χ2n) is 5.23. The highest BCUT2D eigenvalue weighted by Crippen LogP contribution is 1.92. The monoisotopic (exact) mass is 348 g/mol. The van der Waals surface area contributed by atoms with Crippen molar-refractivity contribution in [2.75, 3.05) is 67.7 Å². The van der Waals surface area contributed by atoms with Crippen molar-refractivity contribution in [2.45, 2.75) is 6.10 Å². The number of nitrogens with zero attached hydrogens (tertiary/aromatic N) is 1. The summed E-state index contributed by atoms with van der Waals surface area (Å²) in [5.74, 6) is -0.690. The van der Waals surface area contributed by atoms with Gasteiger partial charge in [0, 0.05) is 27.3 Å². The van der Waals surface area contributed by atoms with Crippen LogP contribution in [-0.4, -0.2) is 96.6 Å². The van der Waals surface area contributed by atoms with E-state index in [1.807, 2.05) is 19.0 Å². The number of likely N-dealkylation sites (N-methyl/N-ethyl adjacent to an activating group) is 1. The molecule has 3 N–H and O–H groups in total. The van der Waals surface area contributed by atoms with Crippen LogP contribution in [-0.2, 0) is 23.8 Å². The van der Waals surface area contributed by atoms with Gasteiger partial charge in [-0.3, -0.25) is 9.59 Å². The predicted octanol–water partition coefficient (Wildman–Crippen LogP) is -1.83. The molecule has 0 heterocycles. The summed E-state index contributed by atoms with van der Waals surface area (Å²) >= 11 is 0. The van der Waals surface area contributed by atoms with Crippen LogP contribution in [0.4, 0.5) is 4.79 Å². The lowest BCUT2D eigenvalue weighted by Gasteiger charge is -2.19. The fraction of sp³-hybridized carbons (Fsp3) is 0.786. The van der Waals surface area contributed by atoms with Crippen LogP contribution in [0.1, 0.15) is 0 Å². The van der Waals surface area contributed by atoms with Crippen molar-refractivity contribution in [1.82, 2.24) is 20.9 Å². The molecule has 0 bridgehead atoms. The fourth-order valence-corrected chi connectivity index (χ4v) is 1.55. The van der Waals surface area contributed by atoms with E-state index in [0.717, 1.165) is 0 Å². The normalized spacial score (nSPS) is 10.6. The van der Waals surface area contributed by atoms with E-state index in [1.54, 1.807) is 0 Å². The molecule has 0 aliphatic heterocycles. The average molecular weight is 348 g/mol. The lowest BCUT2D eigenvalue weighted by atomic mass is 10.3. The smallest absolute Gasteiger partial charge is 0.407 e. The maximum atomic E-state index is 11.7. The van der Waals surface area contributed by atoms with Crippen molar-refractivity contribution >= 4 is 17.9 Å². The molecule has 140 valence electrons. The average Bonchev–Trinajstić information content (AvgIpc) is 2.50. The number of alkyl carbamates (subject to hydrolysis) is 1. The largest absolute Gasteiger partial charge is 0.442 e. The molecule has 0 saturated carbocycles. The molecule has 0 radical (unpaired) electrons. The molecule has 0 rings (SSSR count). The Hall–Kier alpha value is -1.91. The Bertz CT molecular complexity index is 369. The van der Waals surface area contributed by atoms with Crippen LogP contribution < -0.4 is 16.0 Å². The maximum Gasteiger partial charge on any atom is 0.407 e. The summed E-state index contributed by atoms with van der Waals surface area (Å²) in [5, 5.41) is 7.71. The quantitative estimate of drug-likeness (QED) is 0.379. The van der Waals surface area contributed by atoms with E-state index in [9.17, 15) is 14.4 Å². The molecule has 0 aromatic carbocycles. The van der Waals surface area contributed by atoms with E-state index < -0.39 is 12.2 Å². The lowest BCUT2D eigenvalue weighted by Crippen LogP contribution is -2.45. The molecule has 0 unspecified atom stereocenters. The molecule has 24 heavy (non-hydrogen) atoms. The first-order valence-electron chi connectivity index (χ1n) is 7.49. The molecule has 3 amide bonds. The zero-order chi connectivity index (χ0) is 18.4. The highest BCUT2D eigenvalue weighted by molar-refractivity contribution is 5.78. The van der Waals surface area contributed by atoms with Gasteiger partial charge in [0.15, 0.2) is 0 Å². The number of carbonyl (C=O) groups is 3. The molecule has 0 atom stereocenters. The van der Waals surface area contributed by atoms with Crippen molar-refractivity contribution < 1.29 is 28.6 Å². The highest BCUT2D eigenvalue weighted by atomic mass is 16.6. The van der Waals surface area contributed by atoms with Crippen LogP contribution in [0.3, 0.4) is 0 Å². The SMILES string of the molecule is COCC(=O)NCC(CNC(=O)COC)OC(=O)NCCN(C)C. The van der Waals surface area contributed by atoms with Gasteiger partial charge in [-0.2, -0.15) is 0 Å². The first kappa shape index (κ1) is 22.1. The lowest BCUT2D eigenvalue weighted by molar-refractivity contribution is -0.125. The summed E-state index contributed by atoms with van der Waals surface area (Å²) in [6.45, 7) is 0.988. The number of ether oxygens (including phenoxy) is 3. The summed E-state index contributed by atoms with van der Waals surface area (Å²) in [6.07, 6.45) is -1.34. The minimum atomic E-state index is -0.717. The van der Waals surface area contributed by atoms with Crippen molar-refractivity contribution in [3.8, 4) is 0 Å². The van der Waals surface area contributed by atoms with Crippen molar-refractivity contribution in [2.24, 2.45) is 0 Å². The number of nitrogens with one attached hydrogen (secondary N) is 3. The standard InChI is InChI=1S/C14H28N4O6/c1-18(2)6-5-15-14(21)24-11(7-16-12(19)9-22-3)8-17-13(20)10-23-4/h11H,5-10H2,1-4H3,(H,15,21)(H,16,19)(H,17,20). The molecule has 0 aromatic rings. The van der Waals surface area contributed by atoms with Crippen LogP contribution in [0.15, 0.2) is 0 Å². The zero-order valence-corrected chi connectivity index (χ0v) is 14.7. The summed E-state index contributed by atoms with van der Waals surface area (Å²) in [5.41, 5.74) is 0. The molecule has 0 fully saturated rings. The van der Waals surface area contributed by atoms with Crippen molar-refractivity contribution in [3.63, 3.8) is 0 Å². The van der Waals surface area contributed by atoms with Gasteiger partial charge in [0.1, 0.15) is 19.3 Å². The summed E-state index contributed by atoms with van der Waals surface area (Å²) in [4.78, 5) is 36.5. The number of rotatable bonds is 12. The predicted molar refractivity (Wildman–Crippen MR) is 86.6 cm³/mol. The van der Waals surface area contributed by atoms with E-state index in [-0.39, 0.29) is 38.1 Å². The number of hydrogen-bond donors (Lipinski definition) is 3. The third-order valence-electron chi connectivity index (χ3n) is 2.71. The molecule has 0 aromatic heterocycles. The van der Waals surface area contributed by atoms with Gasteiger partial charge in [0.2, 0.25) is 11.8 Å². The van der Waals surface area contributed by atoms with Gasteiger partial charge in [-0.05, 0) is 14.1 Å². The van der Waals surface area contributed by atoms with Crippen LogP contribution in [0.5, 0.6) is 0 Å². The first-order chi connectivity index (χ1) is 11.4. The Kier molecular flexibility index (Phi) is 12.4. The Labute approximate surface area is 142 Å². The number of methoxy groups -OCH3 is 2. The van der Waals surface area contributed by atoms with Gasteiger partial charge in [0.25, 0.3) is 0 Å². The maximum absolute atomic E-state index is 11.7. The van der Waals surface area contributed by atoms with Crippen LogP contribution in [0.2, 0.25) is 0 Å². The van der Waals surface area contributed by atoms with E-state index in [4.69, 9.17) is 14.2 Å². The van der Waals surface area contributed by atoms with E-state index in [0.29, 0.717) is 13.1 Å². The Morgan fingerprint density at radius 2 is 1.42 bits per heavy atom. The van der Waals surface area contributed by atoms with Gasteiger partial charge in [-0.1, -0.05) is 0 Å². The van der Waals surface area contributed by atoms with Crippen LogP contribution in [0.25, 0.3) is 0 Å². The van der Waals surface area contributed by atoms with Crippen LogP contribution >= 0.6 is 0 Å². The molecule has 0 spiro atoms. The molecule has 0 aliphatic rings. The Morgan fingerprint density at radius 1 is 0.917 bits per heavy atom. The van der Waals surface area contributed by atoms with Gasteiger partial charge < -0.3 is 35.1 Å². The van der Waals surface area contributed by atoms with Gasteiger partial charge in [-0.15, -0.1) is 0 Å². The van der Waals surface area contributed by atoms with E-state index in [1.165, 1.54) is 14.2 Å². The number of carbonyl (C=O) groups excluding carboxylic acids is 3. The molecule has 10 nitrogen and oxygen atoms in total. The molecule has 0 saturated heterocycles. The molecular weight excluding hydrogens is 320 g/mol. The second kappa shape index (κ2) is 13.5. The fourth-order valence-electron chi connectivity index (χ4n) is 1.55. The minimum Gasteiger partial charge on any atom is -0.442 e. The van der Waals surface area contributed by atoms with Gasteiger partial charge >= 0.3 is 6.09 Å². The topological polar surface area (TPSA) is 118 Å². The Morgan fingerprint density at radius 3 is 1.83 bits per heavy atom. The molecular formula is C14H28N4O6. The van der Waals surface area contributed by atoms with Crippen LogP contribution in [0, 0.1) is 0 Å². The first-order valence-corrected chi connectivity index (χ1v) is 7.49.